The number of benzene rings is 1. The summed E-state index contributed by atoms with van der Waals surface area (Å²) in [6.45, 7) is 6.66. The van der Waals surface area contributed by atoms with Crippen LogP contribution in [0.4, 0.5) is 3.89 Å². The monoisotopic (exact) mass is 319 g/mol. The van der Waals surface area contributed by atoms with Crippen molar-refractivity contribution in [1.82, 2.24) is 5.32 Å². The molecule has 0 aliphatic rings. The molecule has 1 N–H and O–H groups in total. The van der Waals surface area contributed by atoms with Gasteiger partial charge in [0.2, 0.25) is 0 Å². The standard InChI is InChI=1S/C12H16FNO4S.C2H6/c1-2-3-4-9-14-12(15)10-5-7-11(8-6-10)18-19(13,16)17;1-2/h5-8H,2-4,9H2,1H3,(H,14,15);1-2H3. The third-order valence-electron chi connectivity index (χ3n) is 2.38. The molecule has 0 saturated carbocycles. The third kappa shape index (κ3) is 9.01. The number of carbonyl (C=O) groups is 1. The van der Waals surface area contributed by atoms with Crippen molar-refractivity contribution in [1.29, 1.82) is 0 Å². The molecule has 0 unspecified atom stereocenters. The molecule has 0 fully saturated rings. The Balaban J connectivity index is 0.00000191. The highest BCUT2D eigenvalue weighted by Gasteiger charge is 2.10. The van der Waals surface area contributed by atoms with E-state index in [1.54, 1.807) is 0 Å². The van der Waals surface area contributed by atoms with Gasteiger partial charge in [0.05, 0.1) is 0 Å². The normalized spacial score (nSPS) is 10.3. The minimum Gasteiger partial charge on any atom is -0.358 e. The number of unbranched alkanes of at least 4 members (excludes halogenated alkanes) is 2. The van der Waals surface area contributed by atoms with Gasteiger partial charge < -0.3 is 9.50 Å². The molecule has 21 heavy (non-hydrogen) atoms. The second-order valence-electron chi connectivity index (χ2n) is 3.96. The summed E-state index contributed by atoms with van der Waals surface area (Å²) >= 11 is 0. The van der Waals surface area contributed by atoms with Crippen LogP contribution in [-0.2, 0) is 10.5 Å². The molecule has 0 spiro atoms. The Bertz CT molecular complexity index is 514. The molecule has 7 heteroatoms. The summed E-state index contributed by atoms with van der Waals surface area (Å²) in [5, 5.41) is 2.73. The van der Waals surface area contributed by atoms with Crippen LogP contribution in [0.1, 0.15) is 50.4 Å². The Hall–Kier alpha value is -1.63. The highest BCUT2D eigenvalue weighted by Crippen LogP contribution is 2.14. The molecule has 1 aromatic rings. The Kier molecular flexibility index (Phi) is 9.36. The van der Waals surface area contributed by atoms with Crippen molar-refractivity contribution in [3.8, 4) is 5.75 Å². The van der Waals surface area contributed by atoms with E-state index in [4.69, 9.17) is 0 Å². The molecular formula is C14H22FNO4S. The second kappa shape index (κ2) is 10.1. The Morgan fingerprint density at radius 3 is 2.24 bits per heavy atom. The van der Waals surface area contributed by atoms with E-state index in [1.165, 1.54) is 24.3 Å². The van der Waals surface area contributed by atoms with Gasteiger partial charge >= 0.3 is 10.5 Å². The highest BCUT2D eigenvalue weighted by atomic mass is 32.3. The van der Waals surface area contributed by atoms with Crippen molar-refractivity contribution < 1.29 is 21.3 Å². The molecule has 0 saturated heterocycles. The van der Waals surface area contributed by atoms with Gasteiger partial charge in [-0.2, -0.15) is 8.42 Å². The molecule has 0 heterocycles. The van der Waals surface area contributed by atoms with Gasteiger partial charge in [-0.3, -0.25) is 4.79 Å². The van der Waals surface area contributed by atoms with E-state index in [9.17, 15) is 17.1 Å². The zero-order valence-corrected chi connectivity index (χ0v) is 13.4. The fourth-order valence-corrected chi connectivity index (χ4v) is 1.80. The van der Waals surface area contributed by atoms with Crippen LogP contribution in [0.2, 0.25) is 0 Å². The first kappa shape index (κ1) is 19.4. The zero-order valence-electron chi connectivity index (χ0n) is 12.6. The first-order chi connectivity index (χ1) is 9.92. The zero-order chi connectivity index (χ0) is 16.3. The molecule has 0 bridgehead atoms. The first-order valence-electron chi connectivity index (χ1n) is 6.94. The fourth-order valence-electron chi connectivity index (χ4n) is 1.46. The van der Waals surface area contributed by atoms with Gasteiger partial charge in [0.1, 0.15) is 5.75 Å². The SMILES string of the molecule is CC.CCCCCNC(=O)c1ccc(OS(=O)(=O)F)cc1. The lowest BCUT2D eigenvalue weighted by Gasteiger charge is -2.05. The largest absolute Gasteiger partial charge is 0.488 e. The third-order valence-corrected chi connectivity index (χ3v) is 2.77. The maximum atomic E-state index is 12.2. The number of hydrogen-bond acceptors (Lipinski definition) is 4. The van der Waals surface area contributed by atoms with Crippen LogP contribution < -0.4 is 9.50 Å². The molecule has 0 atom stereocenters. The van der Waals surface area contributed by atoms with Crippen molar-refractivity contribution in [3.05, 3.63) is 29.8 Å². The highest BCUT2D eigenvalue weighted by molar-refractivity contribution is 7.81. The average molecular weight is 319 g/mol. The van der Waals surface area contributed by atoms with Gasteiger partial charge in [0.25, 0.3) is 5.91 Å². The van der Waals surface area contributed by atoms with E-state index >= 15 is 0 Å². The number of nitrogens with one attached hydrogen (secondary N) is 1. The molecule has 5 nitrogen and oxygen atoms in total. The maximum absolute atomic E-state index is 12.2. The Morgan fingerprint density at radius 2 is 1.76 bits per heavy atom. The minimum absolute atomic E-state index is 0.176. The lowest BCUT2D eigenvalue weighted by atomic mass is 10.2. The molecule has 0 radical (unpaired) electrons. The fraction of sp³-hybridized carbons (Fsp3) is 0.500. The van der Waals surface area contributed by atoms with Crippen LogP contribution in [0.15, 0.2) is 24.3 Å². The van der Waals surface area contributed by atoms with Crippen molar-refractivity contribution in [2.75, 3.05) is 6.54 Å². The summed E-state index contributed by atoms with van der Waals surface area (Å²) in [4.78, 5) is 11.7. The van der Waals surface area contributed by atoms with E-state index in [0.717, 1.165) is 19.3 Å². The molecule has 0 aliphatic heterocycles. The van der Waals surface area contributed by atoms with Gasteiger partial charge in [0.15, 0.2) is 0 Å². The number of rotatable bonds is 7. The number of hydrogen-bond donors (Lipinski definition) is 1. The van der Waals surface area contributed by atoms with Crippen molar-refractivity contribution in [2.45, 2.75) is 40.0 Å². The number of amides is 1. The van der Waals surface area contributed by atoms with Gasteiger partial charge in [-0.1, -0.05) is 37.5 Å². The van der Waals surface area contributed by atoms with Gasteiger partial charge in [0, 0.05) is 12.1 Å². The molecule has 1 rings (SSSR count). The Morgan fingerprint density at radius 1 is 1.19 bits per heavy atom. The molecule has 1 aromatic carbocycles. The summed E-state index contributed by atoms with van der Waals surface area (Å²) < 4.78 is 36.8. The van der Waals surface area contributed by atoms with E-state index in [-0.39, 0.29) is 11.7 Å². The number of carbonyl (C=O) groups excluding carboxylic acids is 1. The minimum atomic E-state index is -5.03. The predicted molar refractivity (Wildman–Crippen MR) is 80.3 cm³/mol. The Labute approximate surface area is 125 Å². The van der Waals surface area contributed by atoms with Gasteiger partial charge in [-0.05, 0) is 30.7 Å². The smallest absolute Gasteiger partial charge is 0.358 e. The maximum Gasteiger partial charge on any atom is 0.488 e. The van der Waals surface area contributed by atoms with Crippen LogP contribution in [0.5, 0.6) is 5.75 Å². The van der Waals surface area contributed by atoms with Crippen molar-refractivity contribution >= 4 is 16.4 Å². The van der Waals surface area contributed by atoms with Gasteiger partial charge in [-0.15, -0.1) is 0 Å². The molecule has 1 amide bonds. The van der Waals surface area contributed by atoms with Crippen molar-refractivity contribution in [2.24, 2.45) is 0 Å². The predicted octanol–water partition coefficient (Wildman–Crippen LogP) is 3.23. The average Bonchev–Trinajstić information content (AvgIpc) is 2.44. The van der Waals surface area contributed by atoms with Crippen LogP contribution in [0.25, 0.3) is 0 Å². The summed E-state index contributed by atoms with van der Waals surface area (Å²) in [6.07, 6.45) is 3.02. The van der Waals surface area contributed by atoms with Crippen LogP contribution >= 0.6 is 0 Å². The lowest BCUT2D eigenvalue weighted by molar-refractivity contribution is 0.0953. The van der Waals surface area contributed by atoms with E-state index in [1.807, 2.05) is 13.8 Å². The summed E-state index contributed by atoms with van der Waals surface area (Å²) in [6, 6.07) is 5.18. The lowest BCUT2D eigenvalue weighted by Crippen LogP contribution is -2.24. The topological polar surface area (TPSA) is 72.5 Å². The summed E-state index contributed by atoms with van der Waals surface area (Å²) in [7, 11) is -5.03. The summed E-state index contributed by atoms with van der Waals surface area (Å²) in [5.41, 5.74) is 0.361. The summed E-state index contributed by atoms with van der Waals surface area (Å²) in [5.74, 6) is -0.434. The van der Waals surface area contributed by atoms with Crippen LogP contribution in [0.3, 0.4) is 0 Å². The van der Waals surface area contributed by atoms with Crippen LogP contribution in [0, 0.1) is 0 Å². The van der Waals surface area contributed by atoms with Crippen molar-refractivity contribution in [3.63, 3.8) is 0 Å². The van der Waals surface area contributed by atoms with Crippen LogP contribution in [-0.4, -0.2) is 20.9 Å². The second-order valence-corrected chi connectivity index (χ2v) is 4.92. The molecule has 120 valence electrons. The number of halogens is 1. The van der Waals surface area contributed by atoms with E-state index < -0.39 is 10.5 Å². The quantitative estimate of drug-likeness (QED) is 0.618. The van der Waals surface area contributed by atoms with E-state index in [2.05, 4.69) is 16.4 Å². The first-order valence-corrected chi connectivity index (χ1v) is 8.25. The molecular weight excluding hydrogens is 297 g/mol. The molecule has 0 aromatic heterocycles. The van der Waals surface area contributed by atoms with E-state index in [0.29, 0.717) is 12.1 Å². The van der Waals surface area contributed by atoms with Gasteiger partial charge in [-0.25, -0.2) is 0 Å². The molecule has 0 aliphatic carbocycles.